The summed E-state index contributed by atoms with van der Waals surface area (Å²) in [5, 5.41) is 10.2. The lowest BCUT2D eigenvalue weighted by Gasteiger charge is -2.42. The fraction of sp³-hybridized carbons (Fsp3) is 0.333. The maximum absolute atomic E-state index is 11.9. The van der Waals surface area contributed by atoms with E-state index in [9.17, 15) is 18.0 Å². The van der Waals surface area contributed by atoms with Gasteiger partial charge >= 0.3 is 5.97 Å². The Morgan fingerprint density at radius 3 is 2.70 bits per heavy atom. The molecule has 0 aliphatic carbocycles. The third kappa shape index (κ3) is 2.25. The van der Waals surface area contributed by atoms with Crippen molar-refractivity contribution in [1.29, 1.82) is 0 Å². The SMILES string of the molecule is CC1(C)C(=O)N(Cc2cc(C=CC(=O)O)cs2)S1(=O)=O. The zero-order valence-electron chi connectivity index (χ0n) is 10.9. The van der Waals surface area contributed by atoms with Gasteiger partial charge in [-0.1, -0.05) is 0 Å². The summed E-state index contributed by atoms with van der Waals surface area (Å²) in [7, 11) is -3.59. The molecular weight excluding hydrogens is 302 g/mol. The minimum atomic E-state index is -3.59. The molecule has 0 bridgehead atoms. The number of sulfonamides is 1. The van der Waals surface area contributed by atoms with E-state index in [0.717, 1.165) is 10.4 Å². The fourth-order valence-electron chi connectivity index (χ4n) is 1.79. The van der Waals surface area contributed by atoms with E-state index in [1.807, 2.05) is 0 Å². The second-order valence-corrected chi connectivity index (χ2v) is 8.25. The lowest BCUT2D eigenvalue weighted by molar-refractivity contribution is -0.133. The van der Waals surface area contributed by atoms with Gasteiger partial charge in [0.25, 0.3) is 15.9 Å². The van der Waals surface area contributed by atoms with Crippen molar-refractivity contribution in [2.24, 2.45) is 0 Å². The topological polar surface area (TPSA) is 91.8 Å². The van der Waals surface area contributed by atoms with Crippen LogP contribution >= 0.6 is 11.3 Å². The van der Waals surface area contributed by atoms with E-state index < -0.39 is 26.6 Å². The van der Waals surface area contributed by atoms with Gasteiger partial charge in [-0.25, -0.2) is 17.5 Å². The number of rotatable bonds is 4. The van der Waals surface area contributed by atoms with Gasteiger partial charge in [-0.3, -0.25) is 4.79 Å². The predicted octanol–water partition coefficient (Wildman–Crippen LogP) is 1.30. The quantitative estimate of drug-likeness (QED) is 0.845. The van der Waals surface area contributed by atoms with Crippen LogP contribution in [0.4, 0.5) is 0 Å². The highest BCUT2D eigenvalue weighted by molar-refractivity contribution is 7.94. The number of carbonyl (C=O) groups is 2. The molecule has 1 aromatic rings. The third-order valence-electron chi connectivity index (χ3n) is 3.07. The average molecular weight is 315 g/mol. The van der Waals surface area contributed by atoms with Crippen molar-refractivity contribution < 1.29 is 23.1 Å². The molecule has 2 heterocycles. The summed E-state index contributed by atoms with van der Waals surface area (Å²) in [6.45, 7) is 2.77. The highest BCUT2D eigenvalue weighted by atomic mass is 32.2. The highest BCUT2D eigenvalue weighted by Crippen LogP contribution is 2.36. The first-order valence-corrected chi connectivity index (χ1v) is 8.03. The number of hydrogen-bond acceptors (Lipinski definition) is 5. The minimum absolute atomic E-state index is 0.00379. The van der Waals surface area contributed by atoms with E-state index in [2.05, 4.69) is 0 Å². The summed E-state index contributed by atoms with van der Waals surface area (Å²) < 4.78 is 23.4. The lowest BCUT2D eigenvalue weighted by atomic mass is 10.2. The molecule has 1 fully saturated rings. The monoisotopic (exact) mass is 315 g/mol. The number of thiophene rings is 1. The molecule has 1 amide bonds. The number of amides is 1. The number of carbonyl (C=O) groups excluding carboxylic acids is 1. The van der Waals surface area contributed by atoms with Crippen LogP contribution in [0.3, 0.4) is 0 Å². The highest BCUT2D eigenvalue weighted by Gasteiger charge is 2.59. The summed E-state index contributed by atoms with van der Waals surface area (Å²) in [5.74, 6) is -1.48. The molecule has 0 spiro atoms. The molecule has 1 aliphatic heterocycles. The molecule has 0 aromatic carbocycles. The van der Waals surface area contributed by atoms with Crippen LogP contribution in [0.5, 0.6) is 0 Å². The van der Waals surface area contributed by atoms with Crippen LogP contribution in [0, 0.1) is 0 Å². The standard InChI is InChI=1S/C12H13NO5S2/c1-12(2)11(16)13(20(12,17)18)6-9-5-8(7-19-9)3-4-10(14)15/h3-5,7H,6H2,1-2H3,(H,14,15). The van der Waals surface area contributed by atoms with Crippen molar-refractivity contribution in [2.75, 3.05) is 0 Å². The molecule has 20 heavy (non-hydrogen) atoms. The van der Waals surface area contributed by atoms with Crippen LogP contribution in [0.2, 0.25) is 0 Å². The van der Waals surface area contributed by atoms with Gasteiger partial charge in [0.15, 0.2) is 4.75 Å². The van der Waals surface area contributed by atoms with E-state index in [-0.39, 0.29) is 6.54 Å². The molecule has 0 unspecified atom stereocenters. The molecule has 1 saturated heterocycles. The van der Waals surface area contributed by atoms with Crippen molar-refractivity contribution >= 4 is 39.3 Å². The van der Waals surface area contributed by atoms with Crippen LogP contribution in [-0.4, -0.2) is 34.5 Å². The average Bonchev–Trinajstić information content (AvgIpc) is 2.80. The Kier molecular flexibility index (Phi) is 3.47. The van der Waals surface area contributed by atoms with Crippen LogP contribution in [0.1, 0.15) is 24.3 Å². The third-order valence-corrected chi connectivity index (χ3v) is 6.35. The maximum Gasteiger partial charge on any atom is 0.328 e. The van der Waals surface area contributed by atoms with Crippen molar-refractivity contribution in [3.8, 4) is 0 Å². The second-order valence-electron chi connectivity index (χ2n) is 4.85. The van der Waals surface area contributed by atoms with Crippen molar-refractivity contribution in [2.45, 2.75) is 25.1 Å². The zero-order valence-corrected chi connectivity index (χ0v) is 12.5. The molecule has 2 rings (SSSR count). The Balaban J connectivity index is 2.13. The molecule has 6 nitrogen and oxygen atoms in total. The van der Waals surface area contributed by atoms with Crippen LogP contribution in [0.25, 0.3) is 6.08 Å². The Morgan fingerprint density at radius 2 is 2.15 bits per heavy atom. The number of nitrogens with zero attached hydrogens (tertiary/aromatic N) is 1. The summed E-state index contributed by atoms with van der Waals surface area (Å²) >= 11 is 1.28. The summed E-state index contributed by atoms with van der Waals surface area (Å²) in [6, 6.07) is 1.66. The van der Waals surface area contributed by atoms with Crippen molar-refractivity contribution in [3.05, 3.63) is 28.0 Å². The van der Waals surface area contributed by atoms with Crippen molar-refractivity contribution in [3.63, 3.8) is 0 Å². The molecule has 1 aliphatic rings. The largest absolute Gasteiger partial charge is 0.478 e. The Bertz CT molecular complexity index is 699. The number of carboxylic acid groups (broad SMARTS) is 1. The van der Waals surface area contributed by atoms with Gasteiger partial charge in [-0.15, -0.1) is 11.3 Å². The molecule has 0 atom stereocenters. The summed E-state index contributed by atoms with van der Waals surface area (Å²) in [6.07, 6.45) is 2.42. The normalized spacial score (nSPS) is 20.1. The van der Waals surface area contributed by atoms with Crippen LogP contribution in [0.15, 0.2) is 17.5 Å². The first-order chi connectivity index (χ1) is 9.16. The lowest BCUT2D eigenvalue weighted by Crippen LogP contribution is -2.66. The van der Waals surface area contributed by atoms with Gasteiger partial charge in [-0.2, -0.15) is 0 Å². The van der Waals surface area contributed by atoms with Gasteiger partial charge in [0, 0.05) is 11.0 Å². The van der Waals surface area contributed by atoms with Crippen molar-refractivity contribution in [1.82, 2.24) is 4.31 Å². The number of aliphatic carboxylic acids is 1. The van der Waals surface area contributed by atoms with Gasteiger partial charge in [0.05, 0.1) is 6.54 Å². The zero-order chi connectivity index (χ0) is 15.1. The first kappa shape index (κ1) is 14.7. The summed E-state index contributed by atoms with van der Waals surface area (Å²) in [5.41, 5.74) is 0.664. The van der Waals surface area contributed by atoms with Crippen LogP contribution < -0.4 is 0 Å². The van der Waals surface area contributed by atoms with E-state index in [0.29, 0.717) is 10.4 Å². The smallest absolute Gasteiger partial charge is 0.328 e. The van der Waals surface area contributed by atoms with Gasteiger partial charge < -0.3 is 5.11 Å². The molecule has 0 saturated carbocycles. The maximum atomic E-state index is 11.9. The van der Waals surface area contributed by atoms with Gasteiger partial charge in [0.2, 0.25) is 0 Å². The van der Waals surface area contributed by atoms with E-state index in [1.54, 1.807) is 11.4 Å². The van der Waals surface area contributed by atoms with E-state index in [1.165, 1.54) is 31.3 Å². The first-order valence-electron chi connectivity index (χ1n) is 5.71. The second kappa shape index (κ2) is 4.71. The predicted molar refractivity (Wildman–Crippen MR) is 74.5 cm³/mol. The number of carboxylic acids is 1. The van der Waals surface area contributed by atoms with E-state index >= 15 is 0 Å². The molecule has 108 valence electrons. The number of hydrogen-bond donors (Lipinski definition) is 1. The Hall–Kier alpha value is -1.67. The molecule has 0 radical (unpaired) electrons. The molecule has 8 heteroatoms. The van der Waals surface area contributed by atoms with Gasteiger partial charge in [-0.05, 0) is 36.9 Å². The Labute approximate surface area is 120 Å². The minimum Gasteiger partial charge on any atom is -0.478 e. The molecule has 1 N–H and O–H groups in total. The molecule has 1 aromatic heterocycles. The van der Waals surface area contributed by atoms with Gasteiger partial charge in [0.1, 0.15) is 0 Å². The fourth-order valence-corrected chi connectivity index (χ4v) is 4.22. The Morgan fingerprint density at radius 1 is 1.50 bits per heavy atom. The molecular formula is C12H13NO5S2. The summed E-state index contributed by atoms with van der Waals surface area (Å²) in [4.78, 5) is 22.9. The van der Waals surface area contributed by atoms with Crippen LogP contribution in [-0.2, 0) is 26.2 Å². The van der Waals surface area contributed by atoms with E-state index in [4.69, 9.17) is 5.11 Å².